The predicted molar refractivity (Wildman–Crippen MR) is 140 cm³/mol. The van der Waals surface area contributed by atoms with Crippen LogP contribution in [0, 0.1) is 0 Å². The van der Waals surface area contributed by atoms with Gasteiger partial charge in [-0.05, 0) is 55.3 Å². The Morgan fingerprint density at radius 3 is 2.31 bits per heavy atom. The highest BCUT2D eigenvalue weighted by molar-refractivity contribution is 7.92. The SMILES string of the molecule is CCCCNC(=O)[C@H](C)N(Cc1ccc(Cl)cc1Cl)C(=O)CN(c1ccc(OC)cc1)S(C)(=O)=O. The van der Waals surface area contributed by atoms with Gasteiger partial charge in [-0.3, -0.25) is 13.9 Å². The van der Waals surface area contributed by atoms with Gasteiger partial charge in [0, 0.05) is 23.1 Å². The van der Waals surface area contributed by atoms with Crippen molar-refractivity contribution in [2.45, 2.75) is 39.3 Å². The highest BCUT2D eigenvalue weighted by Gasteiger charge is 2.30. The molecular weight excluding hydrogens is 513 g/mol. The van der Waals surface area contributed by atoms with Crippen LogP contribution in [-0.2, 0) is 26.2 Å². The van der Waals surface area contributed by atoms with E-state index in [1.165, 1.54) is 12.0 Å². The molecular formula is C24H31Cl2N3O5S. The van der Waals surface area contributed by atoms with Gasteiger partial charge < -0.3 is 15.0 Å². The lowest BCUT2D eigenvalue weighted by Gasteiger charge is -2.31. The van der Waals surface area contributed by atoms with Crippen LogP contribution in [0.25, 0.3) is 0 Å². The zero-order valence-corrected chi connectivity index (χ0v) is 22.6. The first kappa shape index (κ1) is 28.7. The first-order chi connectivity index (χ1) is 16.5. The van der Waals surface area contributed by atoms with E-state index in [-0.39, 0.29) is 12.5 Å². The first-order valence-electron chi connectivity index (χ1n) is 11.1. The zero-order valence-electron chi connectivity index (χ0n) is 20.3. The number of rotatable bonds is 12. The Morgan fingerprint density at radius 1 is 1.11 bits per heavy atom. The smallest absolute Gasteiger partial charge is 0.244 e. The maximum absolute atomic E-state index is 13.5. The van der Waals surface area contributed by atoms with E-state index in [0.717, 1.165) is 23.4 Å². The number of hydrogen-bond acceptors (Lipinski definition) is 5. The number of amides is 2. The molecule has 0 aliphatic carbocycles. The monoisotopic (exact) mass is 543 g/mol. The number of ether oxygens (including phenoxy) is 1. The Bertz CT molecular complexity index is 1130. The number of anilines is 1. The van der Waals surface area contributed by atoms with E-state index in [9.17, 15) is 18.0 Å². The molecule has 2 aromatic rings. The second kappa shape index (κ2) is 13.0. The Kier molecular flexibility index (Phi) is 10.7. The predicted octanol–water partition coefficient (Wildman–Crippen LogP) is 4.10. The number of unbranched alkanes of at least 4 members (excludes halogenated alkanes) is 1. The van der Waals surface area contributed by atoms with Crippen molar-refractivity contribution in [2.75, 3.05) is 30.8 Å². The van der Waals surface area contributed by atoms with Gasteiger partial charge >= 0.3 is 0 Å². The molecule has 0 fully saturated rings. The van der Waals surface area contributed by atoms with Gasteiger partial charge in [0.1, 0.15) is 18.3 Å². The normalized spacial score (nSPS) is 12.1. The van der Waals surface area contributed by atoms with E-state index in [1.807, 2.05) is 6.92 Å². The summed E-state index contributed by atoms with van der Waals surface area (Å²) in [7, 11) is -2.32. The average molecular weight is 545 g/mol. The molecule has 2 amide bonds. The van der Waals surface area contributed by atoms with Crippen LogP contribution in [0.15, 0.2) is 42.5 Å². The van der Waals surface area contributed by atoms with Crippen LogP contribution in [0.1, 0.15) is 32.3 Å². The van der Waals surface area contributed by atoms with Crippen molar-refractivity contribution in [1.82, 2.24) is 10.2 Å². The van der Waals surface area contributed by atoms with Gasteiger partial charge in [0.15, 0.2) is 0 Å². The van der Waals surface area contributed by atoms with E-state index in [4.69, 9.17) is 27.9 Å². The summed E-state index contributed by atoms with van der Waals surface area (Å²) in [6.07, 6.45) is 2.73. The largest absolute Gasteiger partial charge is 0.497 e. The molecule has 192 valence electrons. The fourth-order valence-electron chi connectivity index (χ4n) is 3.31. The molecule has 1 N–H and O–H groups in total. The minimum atomic E-state index is -3.82. The molecule has 0 bridgehead atoms. The molecule has 0 radical (unpaired) electrons. The lowest BCUT2D eigenvalue weighted by atomic mass is 10.1. The van der Waals surface area contributed by atoms with Crippen molar-refractivity contribution in [3.8, 4) is 5.75 Å². The van der Waals surface area contributed by atoms with Crippen molar-refractivity contribution in [2.24, 2.45) is 0 Å². The van der Waals surface area contributed by atoms with E-state index >= 15 is 0 Å². The summed E-state index contributed by atoms with van der Waals surface area (Å²) in [5, 5.41) is 3.60. The van der Waals surface area contributed by atoms with Crippen molar-refractivity contribution < 1.29 is 22.7 Å². The number of nitrogens with one attached hydrogen (secondary N) is 1. The van der Waals surface area contributed by atoms with Crippen LogP contribution < -0.4 is 14.4 Å². The number of sulfonamides is 1. The van der Waals surface area contributed by atoms with Crippen LogP contribution in [0.4, 0.5) is 5.69 Å². The molecule has 0 spiro atoms. The quantitative estimate of drug-likeness (QED) is 0.406. The van der Waals surface area contributed by atoms with Gasteiger partial charge in [-0.1, -0.05) is 42.6 Å². The maximum Gasteiger partial charge on any atom is 0.244 e. The van der Waals surface area contributed by atoms with Crippen molar-refractivity contribution in [3.05, 3.63) is 58.1 Å². The van der Waals surface area contributed by atoms with Gasteiger partial charge in [-0.25, -0.2) is 8.42 Å². The molecule has 0 unspecified atom stereocenters. The van der Waals surface area contributed by atoms with Crippen LogP contribution in [-0.4, -0.2) is 57.6 Å². The molecule has 0 saturated heterocycles. The lowest BCUT2D eigenvalue weighted by Crippen LogP contribution is -2.51. The zero-order chi connectivity index (χ0) is 26.2. The maximum atomic E-state index is 13.5. The Hall–Kier alpha value is -2.49. The highest BCUT2D eigenvalue weighted by atomic mass is 35.5. The minimum Gasteiger partial charge on any atom is -0.497 e. The first-order valence-corrected chi connectivity index (χ1v) is 13.7. The minimum absolute atomic E-state index is 0.00257. The Labute approximate surface area is 217 Å². The third kappa shape index (κ3) is 8.30. The summed E-state index contributed by atoms with van der Waals surface area (Å²) in [4.78, 5) is 27.6. The van der Waals surface area contributed by atoms with E-state index < -0.39 is 28.5 Å². The number of benzene rings is 2. The number of halogens is 2. The highest BCUT2D eigenvalue weighted by Crippen LogP contribution is 2.25. The molecule has 11 heteroatoms. The second-order valence-electron chi connectivity index (χ2n) is 8.05. The number of carbonyl (C=O) groups is 2. The number of carbonyl (C=O) groups excluding carboxylic acids is 2. The molecule has 0 saturated carbocycles. The Morgan fingerprint density at radius 2 is 1.77 bits per heavy atom. The molecule has 0 aliphatic heterocycles. The van der Waals surface area contributed by atoms with Gasteiger partial charge in [0.05, 0.1) is 19.1 Å². The van der Waals surface area contributed by atoms with Gasteiger partial charge in [-0.2, -0.15) is 0 Å². The summed E-state index contributed by atoms with van der Waals surface area (Å²) in [6, 6.07) is 10.3. The van der Waals surface area contributed by atoms with E-state index in [0.29, 0.717) is 33.6 Å². The number of nitrogens with zero attached hydrogens (tertiary/aromatic N) is 2. The van der Waals surface area contributed by atoms with Gasteiger partial charge in [0.25, 0.3) is 0 Å². The molecule has 8 nitrogen and oxygen atoms in total. The summed E-state index contributed by atoms with van der Waals surface area (Å²) in [6.45, 7) is 3.58. The third-order valence-electron chi connectivity index (χ3n) is 5.39. The molecule has 0 aliphatic rings. The van der Waals surface area contributed by atoms with Crippen LogP contribution in [0.3, 0.4) is 0 Å². The summed E-state index contributed by atoms with van der Waals surface area (Å²) in [5.74, 6) is -0.354. The molecule has 2 rings (SSSR count). The van der Waals surface area contributed by atoms with Gasteiger partial charge in [0.2, 0.25) is 21.8 Å². The van der Waals surface area contributed by atoms with Crippen molar-refractivity contribution in [3.63, 3.8) is 0 Å². The van der Waals surface area contributed by atoms with E-state index in [1.54, 1.807) is 49.4 Å². The summed E-state index contributed by atoms with van der Waals surface area (Å²) >= 11 is 12.3. The number of hydrogen-bond donors (Lipinski definition) is 1. The summed E-state index contributed by atoms with van der Waals surface area (Å²) < 4.78 is 31.3. The van der Waals surface area contributed by atoms with Crippen molar-refractivity contribution >= 4 is 50.7 Å². The molecule has 0 aromatic heterocycles. The number of methoxy groups -OCH3 is 1. The van der Waals surface area contributed by atoms with Crippen LogP contribution in [0.2, 0.25) is 10.0 Å². The summed E-state index contributed by atoms with van der Waals surface area (Å²) in [5.41, 5.74) is 0.874. The molecule has 35 heavy (non-hydrogen) atoms. The fraction of sp³-hybridized carbons (Fsp3) is 0.417. The lowest BCUT2D eigenvalue weighted by molar-refractivity contribution is -0.139. The third-order valence-corrected chi connectivity index (χ3v) is 7.12. The standard InChI is InChI=1S/C24H31Cl2N3O5S/c1-5-6-13-27-24(31)17(2)28(15-18-7-8-19(25)14-22(18)26)23(30)16-29(35(4,32)33)20-9-11-21(34-3)12-10-20/h7-12,14,17H,5-6,13,15-16H2,1-4H3,(H,27,31)/t17-/m0/s1. The average Bonchev–Trinajstić information content (AvgIpc) is 2.81. The topological polar surface area (TPSA) is 96.0 Å². The fourth-order valence-corrected chi connectivity index (χ4v) is 4.63. The Balaban J connectivity index is 2.37. The molecule has 1 atom stereocenters. The molecule has 2 aromatic carbocycles. The van der Waals surface area contributed by atoms with Crippen molar-refractivity contribution in [1.29, 1.82) is 0 Å². The molecule has 0 heterocycles. The van der Waals surface area contributed by atoms with E-state index in [2.05, 4.69) is 5.32 Å². The van der Waals surface area contributed by atoms with Gasteiger partial charge in [-0.15, -0.1) is 0 Å². The second-order valence-corrected chi connectivity index (χ2v) is 10.8. The van der Waals surface area contributed by atoms with Crippen LogP contribution in [0.5, 0.6) is 5.75 Å². The van der Waals surface area contributed by atoms with Crippen LogP contribution >= 0.6 is 23.2 Å².